The Morgan fingerprint density at radius 2 is 2.15 bits per heavy atom. The molecule has 0 spiro atoms. The number of hydrogen-bond donors (Lipinski definition) is 2. The Morgan fingerprint density at radius 3 is 2.62 bits per heavy atom. The van der Waals surface area contributed by atoms with E-state index in [1.807, 2.05) is 0 Å². The smallest absolute Gasteiger partial charge is 0.0342 e. The zero-order valence-corrected chi connectivity index (χ0v) is 8.77. The van der Waals surface area contributed by atoms with Gasteiger partial charge >= 0.3 is 0 Å². The van der Waals surface area contributed by atoms with Crippen LogP contribution in [0.15, 0.2) is 0 Å². The molecule has 0 radical (unpaired) electrons. The second kappa shape index (κ2) is 3.56. The predicted octanol–water partition coefficient (Wildman–Crippen LogP) is -0.110. The van der Waals surface area contributed by atoms with Gasteiger partial charge < -0.3 is 15.5 Å². The van der Waals surface area contributed by atoms with E-state index in [4.69, 9.17) is 0 Å². The highest BCUT2D eigenvalue weighted by Crippen LogP contribution is 2.26. The van der Waals surface area contributed by atoms with Crippen LogP contribution in [0.5, 0.6) is 0 Å². The lowest BCUT2D eigenvalue weighted by Crippen LogP contribution is -2.57. The molecule has 0 amide bonds. The lowest BCUT2D eigenvalue weighted by atomic mass is 9.88. The molecule has 2 aliphatic rings. The van der Waals surface area contributed by atoms with E-state index < -0.39 is 0 Å². The molecule has 0 aromatic heterocycles. The van der Waals surface area contributed by atoms with Gasteiger partial charge in [0.15, 0.2) is 0 Å². The molecule has 76 valence electrons. The van der Waals surface area contributed by atoms with E-state index in [-0.39, 0.29) is 0 Å². The first-order valence-corrected chi connectivity index (χ1v) is 5.31. The van der Waals surface area contributed by atoms with E-state index in [9.17, 15) is 0 Å². The van der Waals surface area contributed by atoms with Gasteiger partial charge in [0.2, 0.25) is 0 Å². The van der Waals surface area contributed by atoms with Crippen molar-refractivity contribution >= 4 is 0 Å². The van der Waals surface area contributed by atoms with Gasteiger partial charge in [-0.1, -0.05) is 6.92 Å². The third-order valence-electron chi connectivity index (χ3n) is 3.47. The first kappa shape index (κ1) is 9.44. The van der Waals surface area contributed by atoms with Crippen LogP contribution in [0, 0.1) is 5.41 Å². The van der Waals surface area contributed by atoms with E-state index in [0.29, 0.717) is 5.41 Å². The van der Waals surface area contributed by atoms with Gasteiger partial charge in [0.1, 0.15) is 0 Å². The first-order chi connectivity index (χ1) is 6.20. The average molecular weight is 183 g/mol. The Kier molecular flexibility index (Phi) is 2.58. The number of nitrogens with zero attached hydrogens (tertiary/aromatic N) is 1. The lowest BCUT2D eigenvalue weighted by molar-refractivity contribution is 0.124. The van der Waals surface area contributed by atoms with Crippen LogP contribution in [0.1, 0.15) is 13.3 Å². The van der Waals surface area contributed by atoms with Crippen LogP contribution >= 0.6 is 0 Å². The summed E-state index contributed by atoms with van der Waals surface area (Å²) in [7, 11) is 2.26. The van der Waals surface area contributed by atoms with Crippen molar-refractivity contribution in [2.45, 2.75) is 19.4 Å². The van der Waals surface area contributed by atoms with Gasteiger partial charge in [0.25, 0.3) is 0 Å². The molecule has 2 N–H and O–H groups in total. The molecule has 0 aromatic rings. The van der Waals surface area contributed by atoms with E-state index in [1.54, 1.807) is 0 Å². The van der Waals surface area contributed by atoms with Crippen molar-refractivity contribution in [3.63, 3.8) is 0 Å². The van der Waals surface area contributed by atoms with Crippen molar-refractivity contribution in [2.75, 3.05) is 39.8 Å². The van der Waals surface area contributed by atoms with E-state index in [1.165, 1.54) is 39.1 Å². The minimum Gasteiger partial charge on any atom is -0.316 e. The summed E-state index contributed by atoms with van der Waals surface area (Å²) in [6.07, 6.45) is 1.33. The van der Waals surface area contributed by atoms with Gasteiger partial charge in [-0.25, -0.2) is 0 Å². The zero-order chi connectivity index (χ0) is 9.31. The van der Waals surface area contributed by atoms with E-state index >= 15 is 0 Å². The molecule has 3 nitrogen and oxygen atoms in total. The maximum Gasteiger partial charge on any atom is 0.0342 e. The van der Waals surface area contributed by atoms with Crippen LogP contribution in [0.4, 0.5) is 0 Å². The quantitative estimate of drug-likeness (QED) is 0.639. The number of nitrogens with one attached hydrogen (secondary N) is 2. The molecule has 1 unspecified atom stereocenters. The summed E-state index contributed by atoms with van der Waals surface area (Å²) >= 11 is 0. The molecular weight excluding hydrogens is 162 g/mol. The highest BCUT2D eigenvalue weighted by molar-refractivity contribution is 4.90. The topological polar surface area (TPSA) is 27.3 Å². The lowest BCUT2D eigenvalue weighted by Gasteiger charge is -2.39. The van der Waals surface area contributed by atoms with Crippen molar-refractivity contribution in [1.29, 1.82) is 0 Å². The highest BCUT2D eigenvalue weighted by Gasteiger charge is 2.32. The second-order valence-corrected chi connectivity index (χ2v) is 4.96. The molecule has 0 aliphatic carbocycles. The van der Waals surface area contributed by atoms with Gasteiger partial charge in [-0.3, -0.25) is 0 Å². The normalized spacial score (nSPS) is 35.3. The third kappa shape index (κ3) is 2.03. The fourth-order valence-electron chi connectivity index (χ4n) is 2.32. The summed E-state index contributed by atoms with van der Waals surface area (Å²) in [5.74, 6) is 0. The summed E-state index contributed by atoms with van der Waals surface area (Å²) in [5.41, 5.74) is 0.518. The van der Waals surface area contributed by atoms with E-state index in [0.717, 1.165) is 6.04 Å². The SMILES string of the molecule is CN(CC1(C)CCNC1)C1CNC1. The standard InChI is InChI=1S/C10H21N3/c1-10(3-4-11-7-10)8-13(2)9-5-12-6-9/h9,11-12H,3-8H2,1-2H3. The van der Waals surface area contributed by atoms with E-state index in [2.05, 4.69) is 29.5 Å². The van der Waals surface area contributed by atoms with Gasteiger partial charge in [-0.2, -0.15) is 0 Å². The summed E-state index contributed by atoms with van der Waals surface area (Å²) < 4.78 is 0. The van der Waals surface area contributed by atoms with Crippen molar-refractivity contribution in [2.24, 2.45) is 5.41 Å². The Hall–Kier alpha value is -0.120. The molecular formula is C10H21N3. The van der Waals surface area contributed by atoms with Gasteiger partial charge in [-0.05, 0) is 25.4 Å². The molecule has 3 heteroatoms. The van der Waals surface area contributed by atoms with Crippen LogP contribution in [0.3, 0.4) is 0 Å². The van der Waals surface area contributed by atoms with Crippen molar-refractivity contribution in [3.05, 3.63) is 0 Å². The van der Waals surface area contributed by atoms with Crippen LogP contribution < -0.4 is 10.6 Å². The number of likely N-dealkylation sites (N-methyl/N-ethyl adjacent to an activating group) is 1. The van der Waals surface area contributed by atoms with Crippen molar-refractivity contribution in [3.8, 4) is 0 Å². The molecule has 2 heterocycles. The van der Waals surface area contributed by atoms with Crippen LogP contribution in [0.25, 0.3) is 0 Å². The van der Waals surface area contributed by atoms with Crippen LogP contribution in [0.2, 0.25) is 0 Å². The zero-order valence-electron chi connectivity index (χ0n) is 8.77. The maximum atomic E-state index is 3.45. The van der Waals surface area contributed by atoms with Crippen molar-refractivity contribution < 1.29 is 0 Å². The summed E-state index contributed by atoms with van der Waals surface area (Å²) in [5, 5.41) is 6.77. The fraction of sp³-hybridized carbons (Fsp3) is 1.00. The average Bonchev–Trinajstić information content (AvgIpc) is 2.31. The van der Waals surface area contributed by atoms with Gasteiger partial charge in [0.05, 0.1) is 0 Å². The molecule has 13 heavy (non-hydrogen) atoms. The molecule has 0 aromatic carbocycles. The summed E-state index contributed by atoms with van der Waals surface area (Å²) in [6, 6.07) is 0.789. The number of rotatable bonds is 3. The molecule has 2 saturated heterocycles. The largest absolute Gasteiger partial charge is 0.316 e. The minimum absolute atomic E-state index is 0.518. The first-order valence-electron chi connectivity index (χ1n) is 5.31. The monoisotopic (exact) mass is 183 g/mol. The summed E-state index contributed by atoms with van der Waals surface area (Å²) in [4.78, 5) is 2.52. The van der Waals surface area contributed by atoms with Gasteiger partial charge in [-0.15, -0.1) is 0 Å². The minimum atomic E-state index is 0.518. The Labute approximate surface area is 80.9 Å². The molecule has 0 saturated carbocycles. The maximum absolute atomic E-state index is 3.45. The molecule has 1 atom stereocenters. The fourth-order valence-corrected chi connectivity index (χ4v) is 2.32. The second-order valence-electron chi connectivity index (χ2n) is 4.96. The predicted molar refractivity (Wildman–Crippen MR) is 54.9 cm³/mol. The Balaban J connectivity index is 1.81. The Morgan fingerprint density at radius 1 is 1.38 bits per heavy atom. The Bertz CT molecular complexity index is 171. The third-order valence-corrected chi connectivity index (χ3v) is 3.47. The van der Waals surface area contributed by atoms with Gasteiger partial charge in [0, 0.05) is 32.2 Å². The van der Waals surface area contributed by atoms with Crippen LogP contribution in [-0.4, -0.2) is 50.7 Å². The molecule has 0 bridgehead atoms. The van der Waals surface area contributed by atoms with Crippen LogP contribution in [-0.2, 0) is 0 Å². The summed E-state index contributed by atoms with van der Waals surface area (Å²) in [6.45, 7) is 8.40. The highest BCUT2D eigenvalue weighted by atomic mass is 15.2. The molecule has 2 rings (SSSR count). The molecule has 2 aliphatic heterocycles. The van der Waals surface area contributed by atoms with Crippen molar-refractivity contribution in [1.82, 2.24) is 15.5 Å². The number of hydrogen-bond acceptors (Lipinski definition) is 3. The molecule has 2 fully saturated rings.